The lowest BCUT2D eigenvalue weighted by atomic mass is 10.1. The molecule has 0 spiro atoms. The van der Waals surface area contributed by atoms with Gasteiger partial charge in [0.1, 0.15) is 5.82 Å². The van der Waals surface area contributed by atoms with Crippen LogP contribution in [-0.2, 0) is 6.42 Å². The van der Waals surface area contributed by atoms with Crippen LogP contribution in [0.1, 0.15) is 15.9 Å². The van der Waals surface area contributed by atoms with E-state index >= 15 is 0 Å². The van der Waals surface area contributed by atoms with E-state index in [1.807, 2.05) is 24.4 Å². The first-order valence-electron chi connectivity index (χ1n) is 7.61. The molecule has 122 valence electrons. The van der Waals surface area contributed by atoms with Crippen LogP contribution in [0.2, 0.25) is 0 Å². The normalized spacial score (nSPS) is 11.6. The van der Waals surface area contributed by atoms with E-state index in [9.17, 15) is 9.18 Å². The molecular weight excluding hydrogens is 307 g/mol. The zero-order valence-electron chi connectivity index (χ0n) is 13.0. The Morgan fingerprint density at radius 3 is 2.71 bits per heavy atom. The summed E-state index contributed by atoms with van der Waals surface area (Å²) >= 11 is 0. The molecule has 0 saturated heterocycles. The summed E-state index contributed by atoms with van der Waals surface area (Å²) in [6, 6.07) is 13.3. The molecular formula is C18H18FN4O+. The van der Waals surface area contributed by atoms with E-state index in [0.29, 0.717) is 12.1 Å². The highest BCUT2D eigenvalue weighted by Gasteiger charge is 2.11. The molecule has 5 nitrogen and oxygen atoms in total. The van der Waals surface area contributed by atoms with Crippen molar-refractivity contribution in [3.63, 3.8) is 0 Å². The number of halogens is 1. The van der Waals surface area contributed by atoms with E-state index in [1.54, 1.807) is 0 Å². The number of carbonyl (C=O) groups is 1. The van der Waals surface area contributed by atoms with Gasteiger partial charge >= 0.3 is 11.9 Å². The maximum absolute atomic E-state index is 12.8. The summed E-state index contributed by atoms with van der Waals surface area (Å²) in [5, 5.41) is 3.72. The molecule has 0 unspecified atom stereocenters. The molecule has 0 radical (unpaired) electrons. The fourth-order valence-electron chi connectivity index (χ4n) is 2.51. The van der Waals surface area contributed by atoms with Crippen LogP contribution in [-0.4, -0.2) is 23.4 Å². The average Bonchev–Trinajstić information content (AvgIpc) is 2.99. The van der Waals surface area contributed by atoms with Gasteiger partial charge in [0.2, 0.25) is 0 Å². The van der Waals surface area contributed by atoms with Gasteiger partial charge in [0.25, 0.3) is 0 Å². The van der Waals surface area contributed by atoms with Crippen molar-refractivity contribution in [1.29, 1.82) is 0 Å². The smallest absolute Gasteiger partial charge is 0.348 e. The number of amides is 1. The predicted octanol–water partition coefficient (Wildman–Crippen LogP) is 0.675. The number of benzene rings is 2. The Balaban J connectivity index is 1.58. The topological polar surface area (TPSA) is 84.9 Å². The molecule has 0 fully saturated rings. The second-order valence-corrected chi connectivity index (χ2v) is 5.41. The van der Waals surface area contributed by atoms with Gasteiger partial charge in [-0.25, -0.2) is 9.71 Å². The van der Waals surface area contributed by atoms with E-state index in [4.69, 9.17) is 5.73 Å². The zero-order valence-corrected chi connectivity index (χ0v) is 13.0. The molecule has 1 heterocycles. The molecule has 1 amide bonds. The van der Waals surface area contributed by atoms with Crippen LogP contribution in [0.3, 0.4) is 0 Å². The standard InChI is InChI=1S/C18H17FN4O/c19-14-7-5-12(6-8-14)17(24)23-18(20)21-10-9-13-11-22-16-4-2-1-3-15(13)16/h1-8,11,22H,9-10H2,(H3,20,21,23,24)/p+1. The number of para-hydroxylation sites is 1. The summed E-state index contributed by atoms with van der Waals surface area (Å²) in [5.41, 5.74) is 8.40. The number of nitrogens with one attached hydrogen (secondary N) is 3. The van der Waals surface area contributed by atoms with E-state index in [1.165, 1.54) is 35.2 Å². The first-order valence-corrected chi connectivity index (χ1v) is 7.61. The summed E-state index contributed by atoms with van der Waals surface area (Å²) in [4.78, 5) is 18.1. The van der Waals surface area contributed by atoms with Crippen LogP contribution >= 0.6 is 0 Å². The van der Waals surface area contributed by atoms with Crippen LogP contribution in [0, 0.1) is 5.82 Å². The predicted molar refractivity (Wildman–Crippen MR) is 90.9 cm³/mol. The minimum atomic E-state index is -0.389. The van der Waals surface area contributed by atoms with Crippen molar-refractivity contribution in [1.82, 2.24) is 10.3 Å². The van der Waals surface area contributed by atoms with Crippen LogP contribution < -0.4 is 16.0 Å². The van der Waals surface area contributed by atoms with Gasteiger partial charge in [-0.1, -0.05) is 18.2 Å². The minimum Gasteiger partial charge on any atom is -0.361 e. The van der Waals surface area contributed by atoms with Crippen LogP contribution in [0.5, 0.6) is 0 Å². The van der Waals surface area contributed by atoms with E-state index in [-0.39, 0.29) is 17.7 Å². The van der Waals surface area contributed by atoms with Gasteiger partial charge in [-0.3, -0.25) is 15.5 Å². The summed E-state index contributed by atoms with van der Waals surface area (Å²) in [6.45, 7) is 0.581. The fraction of sp³-hybridized carbons (Fsp3) is 0.111. The van der Waals surface area contributed by atoms with Crippen LogP contribution in [0.4, 0.5) is 4.39 Å². The Morgan fingerprint density at radius 1 is 1.17 bits per heavy atom. The number of H-pyrrole nitrogens is 1. The first kappa shape index (κ1) is 15.7. The largest absolute Gasteiger partial charge is 0.361 e. The quantitative estimate of drug-likeness (QED) is 0.420. The number of hydrogen-bond donors (Lipinski definition) is 4. The van der Waals surface area contributed by atoms with Crippen LogP contribution in [0.15, 0.2) is 54.7 Å². The van der Waals surface area contributed by atoms with Gasteiger partial charge in [0.05, 0.1) is 12.1 Å². The van der Waals surface area contributed by atoms with E-state index in [2.05, 4.69) is 21.4 Å². The lowest BCUT2D eigenvalue weighted by Gasteiger charge is -2.00. The van der Waals surface area contributed by atoms with Gasteiger partial charge < -0.3 is 4.98 Å². The molecule has 0 bridgehead atoms. The summed E-state index contributed by atoms with van der Waals surface area (Å²) in [6.07, 6.45) is 2.73. The molecule has 1 aromatic heterocycles. The Kier molecular flexibility index (Phi) is 4.56. The third-order valence-electron chi connectivity index (χ3n) is 3.74. The monoisotopic (exact) mass is 325 g/mol. The molecule has 3 aromatic rings. The molecule has 0 aliphatic heterocycles. The van der Waals surface area contributed by atoms with Crippen molar-refractivity contribution in [2.45, 2.75) is 6.42 Å². The Bertz CT molecular complexity index is 883. The second-order valence-electron chi connectivity index (χ2n) is 5.41. The number of hydrogen-bond acceptors (Lipinski definition) is 1. The lowest BCUT2D eigenvalue weighted by Crippen LogP contribution is -2.79. The molecule has 0 saturated carbocycles. The highest BCUT2D eigenvalue weighted by molar-refractivity contribution is 6.03. The van der Waals surface area contributed by atoms with Crippen molar-refractivity contribution < 1.29 is 14.2 Å². The Morgan fingerprint density at radius 2 is 1.92 bits per heavy atom. The summed E-state index contributed by atoms with van der Waals surface area (Å²) < 4.78 is 12.8. The molecule has 0 aliphatic carbocycles. The lowest BCUT2D eigenvalue weighted by molar-refractivity contribution is -0.459. The van der Waals surface area contributed by atoms with Gasteiger partial charge in [0.15, 0.2) is 0 Å². The number of aromatic amines is 1. The number of nitrogens with two attached hydrogens (primary N) is 1. The molecule has 0 aliphatic rings. The van der Waals surface area contributed by atoms with Crippen molar-refractivity contribution in [2.75, 3.05) is 6.54 Å². The number of carbonyl (C=O) groups excluding carboxylic acids is 1. The second kappa shape index (κ2) is 6.95. The zero-order chi connectivity index (χ0) is 16.9. The Labute approximate surface area is 138 Å². The molecule has 5 N–H and O–H groups in total. The average molecular weight is 325 g/mol. The third-order valence-corrected chi connectivity index (χ3v) is 3.74. The molecule has 24 heavy (non-hydrogen) atoms. The highest BCUT2D eigenvalue weighted by Crippen LogP contribution is 2.17. The SMILES string of the molecule is NC(NC(=O)c1ccc(F)cc1)=[NH+]CCc1c[nH]c2ccccc12. The van der Waals surface area contributed by atoms with Crippen molar-refractivity contribution in [2.24, 2.45) is 5.73 Å². The van der Waals surface area contributed by atoms with Gasteiger partial charge in [-0.05, 0) is 35.9 Å². The van der Waals surface area contributed by atoms with E-state index in [0.717, 1.165) is 11.9 Å². The van der Waals surface area contributed by atoms with E-state index < -0.39 is 0 Å². The number of aromatic nitrogens is 1. The summed E-state index contributed by atoms with van der Waals surface area (Å²) in [5.74, 6) is -0.600. The number of fused-ring (bicyclic) bond motifs is 1. The molecule has 0 atom stereocenters. The van der Waals surface area contributed by atoms with Gasteiger partial charge in [-0.2, -0.15) is 0 Å². The Hall–Kier alpha value is -3.15. The number of guanidine groups is 1. The molecule has 6 heteroatoms. The van der Waals surface area contributed by atoms with Gasteiger partial charge in [0, 0.05) is 23.5 Å². The third kappa shape index (κ3) is 3.60. The van der Waals surface area contributed by atoms with Crippen molar-refractivity contribution >= 4 is 22.8 Å². The van der Waals surface area contributed by atoms with Crippen LogP contribution in [0.25, 0.3) is 10.9 Å². The van der Waals surface area contributed by atoms with Crippen molar-refractivity contribution in [3.8, 4) is 0 Å². The first-order chi connectivity index (χ1) is 11.6. The molecule has 3 rings (SSSR count). The van der Waals surface area contributed by atoms with Gasteiger partial charge in [-0.15, -0.1) is 0 Å². The fourth-order valence-corrected chi connectivity index (χ4v) is 2.51. The maximum atomic E-state index is 12.8. The minimum absolute atomic E-state index is 0.171. The molecule has 2 aromatic carbocycles. The highest BCUT2D eigenvalue weighted by atomic mass is 19.1. The number of rotatable bonds is 4. The van der Waals surface area contributed by atoms with Crippen molar-refractivity contribution in [3.05, 3.63) is 71.7 Å². The summed E-state index contributed by atoms with van der Waals surface area (Å²) in [7, 11) is 0. The maximum Gasteiger partial charge on any atom is 0.348 e.